The smallest absolute Gasteiger partial charge is 0.410 e. The highest BCUT2D eigenvalue weighted by molar-refractivity contribution is 5.95. The number of hydrogen-bond donors (Lipinski definition) is 0. The van der Waals surface area contributed by atoms with Gasteiger partial charge in [0, 0.05) is 48.9 Å². The maximum atomic E-state index is 13.1. The zero-order valence-corrected chi connectivity index (χ0v) is 27.3. The number of rotatable bonds is 6. The molecule has 6 rings (SSSR count). The molecule has 1 aromatic heterocycles. The Labute approximate surface area is 266 Å². The number of likely N-dealkylation sites (tertiary alicyclic amines) is 1. The third-order valence-corrected chi connectivity index (χ3v) is 9.19. The highest BCUT2D eigenvalue weighted by Gasteiger charge is 2.36. The molecular formula is C35H45N7O3. The number of nitrogens with zero attached hydrogens (tertiary/aromatic N) is 7. The second-order valence-electron chi connectivity index (χ2n) is 13.7. The molecule has 0 saturated carbocycles. The summed E-state index contributed by atoms with van der Waals surface area (Å²) in [6.45, 7) is 12.4. The number of aryl methyl sites for hydroxylation is 1. The Morgan fingerprint density at radius 2 is 1.91 bits per heavy atom. The molecule has 2 atom stereocenters. The van der Waals surface area contributed by atoms with Crippen LogP contribution in [0.1, 0.15) is 56.9 Å². The Balaban J connectivity index is 1.31. The summed E-state index contributed by atoms with van der Waals surface area (Å²) in [5, 5.41) is 12.1. The quantitative estimate of drug-likeness (QED) is 0.367. The van der Waals surface area contributed by atoms with Crippen molar-refractivity contribution < 1.29 is 14.3 Å². The van der Waals surface area contributed by atoms with Crippen molar-refractivity contribution in [1.29, 1.82) is 5.26 Å². The molecule has 10 nitrogen and oxygen atoms in total. The fraction of sp³-hybridized carbons (Fsp3) is 0.543. The molecule has 0 radical (unpaired) electrons. The van der Waals surface area contributed by atoms with Crippen molar-refractivity contribution in [3.8, 4) is 12.1 Å². The number of aromatic nitrogens is 2. The molecule has 0 spiro atoms. The topological polar surface area (TPSA) is 98.1 Å². The Bertz CT molecular complexity index is 1600. The lowest BCUT2D eigenvalue weighted by atomic mass is 10.0. The largest absolute Gasteiger partial charge is 0.462 e. The van der Waals surface area contributed by atoms with Crippen LogP contribution < -0.4 is 14.5 Å². The molecule has 2 fully saturated rings. The third-order valence-electron chi connectivity index (χ3n) is 9.19. The minimum Gasteiger partial charge on any atom is -0.462 e. The molecule has 10 heteroatoms. The van der Waals surface area contributed by atoms with Gasteiger partial charge >= 0.3 is 12.1 Å². The lowest BCUT2D eigenvalue weighted by Gasteiger charge is -2.42. The van der Waals surface area contributed by atoms with Crippen LogP contribution in [0.5, 0.6) is 6.01 Å². The highest BCUT2D eigenvalue weighted by Crippen LogP contribution is 2.35. The minimum absolute atomic E-state index is 0.217. The first kappa shape index (κ1) is 30.9. The molecule has 0 bridgehead atoms. The van der Waals surface area contributed by atoms with Crippen LogP contribution in [-0.2, 0) is 17.7 Å². The van der Waals surface area contributed by atoms with Crippen LogP contribution in [-0.4, -0.2) is 89.9 Å². The number of nitriles is 1. The first-order chi connectivity index (χ1) is 21.6. The summed E-state index contributed by atoms with van der Waals surface area (Å²) in [6.07, 6.45) is 2.90. The normalized spacial score (nSPS) is 20.7. The van der Waals surface area contributed by atoms with Gasteiger partial charge < -0.3 is 29.1 Å². The standard InChI is InChI=1S/C35H45N7O3/c1-24-11-12-25-8-6-10-31(29(25)20-24)40-17-14-28-30(22-40)37-33(44-23-27-9-7-16-39(27)5)38-32(28)41-18-19-42(26(21-41)13-15-36)34(43)45-35(2,3)4/h6,8,10-12,20,26-27H,7,9,13-14,16-19,21-23H2,1-5H3/t26?,27-/m0/s1. The number of carbonyl (C=O) groups is 1. The van der Waals surface area contributed by atoms with E-state index in [9.17, 15) is 10.1 Å². The van der Waals surface area contributed by atoms with E-state index in [1.165, 1.54) is 28.4 Å². The summed E-state index contributed by atoms with van der Waals surface area (Å²) in [4.78, 5) is 31.8. The average Bonchev–Trinajstić information content (AvgIpc) is 3.42. The number of ether oxygens (including phenoxy) is 2. The lowest BCUT2D eigenvalue weighted by molar-refractivity contribution is 0.0144. The second kappa shape index (κ2) is 12.7. The number of benzene rings is 2. The van der Waals surface area contributed by atoms with E-state index < -0.39 is 5.60 Å². The first-order valence-electron chi connectivity index (χ1n) is 16.2. The van der Waals surface area contributed by atoms with Crippen molar-refractivity contribution >= 4 is 28.4 Å². The zero-order valence-electron chi connectivity index (χ0n) is 27.3. The maximum absolute atomic E-state index is 13.1. The van der Waals surface area contributed by atoms with Crippen molar-refractivity contribution in [3.05, 3.63) is 53.2 Å². The third kappa shape index (κ3) is 6.79. The molecule has 45 heavy (non-hydrogen) atoms. The fourth-order valence-corrected chi connectivity index (χ4v) is 6.82. The number of hydrogen-bond acceptors (Lipinski definition) is 9. The van der Waals surface area contributed by atoms with Crippen LogP contribution >= 0.6 is 0 Å². The molecule has 0 N–H and O–H groups in total. The van der Waals surface area contributed by atoms with Crippen LogP contribution in [0.3, 0.4) is 0 Å². The van der Waals surface area contributed by atoms with Gasteiger partial charge in [0.2, 0.25) is 0 Å². The number of likely N-dealkylation sites (N-methyl/N-ethyl adjacent to an activating group) is 1. The van der Waals surface area contributed by atoms with E-state index in [1.807, 2.05) is 20.8 Å². The molecule has 0 aliphatic carbocycles. The number of amides is 1. The molecule has 3 aliphatic rings. The summed E-state index contributed by atoms with van der Waals surface area (Å²) in [7, 11) is 2.14. The van der Waals surface area contributed by atoms with E-state index in [1.54, 1.807) is 4.90 Å². The average molecular weight is 612 g/mol. The van der Waals surface area contributed by atoms with Gasteiger partial charge in [-0.25, -0.2) is 4.79 Å². The first-order valence-corrected chi connectivity index (χ1v) is 16.2. The molecule has 2 aromatic carbocycles. The van der Waals surface area contributed by atoms with E-state index in [0.29, 0.717) is 44.8 Å². The van der Waals surface area contributed by atoms with E-state index in [4.69, 9.17) is 19.4 Å². The van der Waals surface area contributed by atoms with Crippen molar-refractivity contribution in [2.75, 3.05) is 56.2 Å². The van der Waals surface area contributed by atoms with Gasteiger partial charge in [-0.3, -0.25) is 0 Å². The molecule has 1 unspecified atom stereocenters. The lowest BCUT2D eigenvalue weighted by Crippen LogP contribution is -2.56. The van der Waals surface area contributed by atoms with E-state index in [2.05, 4.69) is 71.1 Å². The number of fused-ring (bicyclic) bond motifs is 2. The second-order valence-corrected chi connectivity index (χ2v) is 13.7. The van der Waals surface area contributed by atoms with Gasteiger partial charge in [0.25, 0.3) is 0 Å². The molecule has 3 aliphatic heterocycles. The molecule has 4 heterocycles. The fourth-order valence-electron chi connectivity index (χ4n) is 6.82. The van der Waals surface area contributed by atoms with E-state index in [-0.39, 0.29) is 18.6 Å². The summed E-state index contributed by atoms with van der Waals surface area (Å²) < 4.78 is 12.0. The summed E-state index contributed by atoms with van der Waals surface area (Å²) in [5.41, 5.74) is 3.93. The Hall–Kier alpha value is -4.10. The maximum Gasteiger partial charge on any atom is 0.410 e. The van der Waals surface area contributed by atoms with Crippen LogP contribution in [0.2, 0.25) is 0 Å². The molecule has 238 valence electrons. The van der Waals surface area contributed by atoms with Gasteiger partial charge in [0.15, 0.2) is 0 Å². The van der Waals surface area contributed by atoms with Gasteiger partial charge in [-0.2, -0.15) is 15.2 Å². The van der Waals surface area contributed by atoms with Crippen LogP contribution in [0.25, 0.3) is 10.8 Å². The Kier molecular flexibility index (Phi) is 8.74. The van der Waals surface area contributed by atoms with Gasteiger partial charge in [-0.05, 0) is 78.1 Å². The predicted octanol–water partition coefficient (Wildman–Crippen LogP) is 5.31. The summed E-state index contributed by atoms with van der Waals surface area (Å²) >= 11 is 0. The predicted molar refractivity (Wildman–Crippen MR) is 176 cm³/mol. The summed E-state index contributed by atoms with van der Waals surface area (Å²) in [6, 6.07) is 15.8. The van der Waals surface area contributed by atoms with Crippen LogP contribution in [0.4, 0.5) is 16.3 Å². The SMILES string of the molecule is Cc1ccc2cccc(N3CCc4c(nc(OC[C@@H]5CCCN5C)nc4N4CCN(C(=O)OC(C)(C)C)C(CC#N)C4)C3)c2c1. The van der Waals surface area contributed by atoms with Crippen molar-refractivity contribution in [1.82, 2.24) is 19.8 Å². The zero-order chi connectivity index (χ0) is 31.7. The summed E-state index contributed by atoms with van der Waals surface area (Å²) in [5.74, 6) is 0.856. The van der Waals surface area contributed by atoms with Crippen LogP contribution in [0, 0.1) is 18.3 Å². The van der Waals surface area contributed by atoms with Crippen molar-refractivity contribution in [3.63, 3.8) is 0 Å². The van der Waals surface area contributed by atoms with Crippen LogP contribution in [0.15, 0.2) is 36.4 Å². The minimum atomic E-state index is -0.606. The van der Waals surface area contributed by atoms with E-state index >= 15 is 0 Å². The monoisotopic (exact) mass is 611 g/mol. The molecule has 1 amide bonds. The number of anilines is 2. The van der Waals surface area contributed by atoms with Gasteiger partial charge in [0.1, 0.15) is 18.0 Å². The van der Waals surface area contributed by atoms with Gasteiger partial charge in [-0.15, -0.1) is 0 Å². The number of carbonyl (C=O) groups excluding carboxylic acids is 1. The molecule has 2 saturated heterocycles. The highest BCUT2D eigenvalue weighted by atomic mass is 16.6. The van der Waals surface area contributed by atoms with Crippen molar-refractivity contribution in [2.24, 2.45) is 0 Å². The van der Waals surface area contributed by atoms with Gasteiger partial charge in [-0.1, -0.05) is 29.8 Å². The molecular weight excluding hydrogens is 566 g/mol. The van der Waals surface area contributed by atoms with E-state index in [0.717, 1.165) is 43.0 Å². The Morgan fingerprint density at radius 1 is 1.07 bits per heavy atom. The number of piperazine rings is 1. The molecule has 3 aromatic rings. The Morgan fingerprint density at radius 3 is 2.67 bits per heavy atom. The van der Waals surface area contributed by atoms with Crippen molar-refractivity contribution in [2.45, 2.75) is 77.6 Å². The van der Waals surface area contributed by atoms with Gasteiger partial charge in [0.05, 0.1) is 30.8 Å².